The number of hydrogen-bond acceptors (Lipinski definition) is 5. The van der Waals surface area contributed by atoms with E-state index in [-0.39, 0.29) is 12.6 Å². The normalized spacial score (nSPS) is 12.9. The van der Waals surface area contributed by atoms with Gasteiger partial charge in [-0.2, -0.15) is 8.42 Å². The first-order chi connectivity index (χ1) is 12.4. The highest BCUT2D eigenvalue weighted by Crippen LogP contribution is 2.12. The third-order valence-electron chi connectivity index (χ3n) is 4.57. The van der Waals surface area contributed by atoms with Crippen molar-refractivity contribution in [3.63, 3.8) is 0 Å². The van der Waals surface area contributed by atoms with Crippen LogP contribution >= 0.6 is 0 Å². The highest BCUT2D eigenvalue weighted by molar-refractivity contribution is 7.87. The van der Waals surface area contributed by atoms with Crippen molar-refractivity contribution in [1.29, 1.82) is 0 Å². The van der Waals surface area contributed by atoms with Gasteiger partial charge in [0.1, 0.15) is 0 Å². The maximum Gasteiger partial charge on any atom is 0.277 e. The summed E-state index contributed by atoms with van der Waals surface area (Å²) in [6, 6.07) is 0. The summed E-state index contributed by atoms with van der Waals surface area (Å²) >= 11 is 0. The van der Waals surface area contributed by atoms with Crippen LogP contribution in [0.3, 0.4) is 0 Å². The van der Waals surface area contributed by atoms with Gasteiger partial charge in [-0.05, 0) is 32.1 Å². The summed E-state index contributed by atoms with van der Waals surface area (Å²) in [6.07, 6.45) is 19.6. The monoisotopic (exact) mass is 407 g/mol. The summed E-state index contributed by atoms with van der Waals surface area (Å²) in [7, 11) is -4.49. The zero-order valence-electron chi connectivity index (χ0n) is 17.1. The summed E-state index contributed by atoms with van der Waals surface area (Å²) in [5.74, 6) is -0.604. The number of aliphatic hydroxyl groups is 1. The smallest absolute Gasteiger partial charge is 0.277 e. The molecule has 0 heterocycles. The Hall–Kier alpha value is -0.760. The number of ketones is 1. The molecule has 6 nitrogen and oxygen atoms in total. The van der Waals surface area contributed by atoms with Crippen LogP contribution in [-0.2, 0) is 14.9 Å². The molecule has 0 fully saturated rings. The number of allylic oxidation sites excluding steroid dienone is 2. The molecule has 0 aliphatic carbocycles. The molecule has 1 unspecified atom stereocenters. The topological polar surface area (TPSA) is 127 Å². The minimum Gasteiger partial charge on any atom is -0.394 e. The van der Waals surface area contributed by atoms with E-state index < -0.39 is 27.8 Å². The van der Waals surface area contributed by atoms with Crippen LogP contribution in [0.4, 0.5) is 0 Å². The molecule has 0 amide bonds. The molecular weight excluding hydrogens is 366 g/mol. The van der Waals surface area contributed by atoms with E-state index in [1.807, 2.05) is 0 Å². The predicted molar refractivity (Wildman–Crippen MR) is 112 cm³/mol. The lowest BCUT2D eigenvalue weighted by Crippen LogP contribution is -2.33. The number of carbonyl (C=O) groups excluding carboxylic acids is 1. The van der Waals surface area contributed by atoms with Crippen LogP contribution in [0.2, 0.25) is 0 Å². The van der Waals surface area contributed by atoms with Crippen LogP contribution in [-0.4, -0.2) is 35.7 Å². The number of rotatable bonds is 18. The quantitative estimate of drug-likeness (QED) is 0.167. The number of unbranched alkanes of at least 4 members (excludes halogenated alkanes) is 11. The Morgan fingerprint density at radius 2 is 1.30 bits per heavy atom. The van der Waals surface area contributed by atoms with Crippen LogP contribution in [0.15, 0.2) is 12.2 Å². The maximum atomic E-state index is 11.6. The lowest BCUT2D eigenvalue weighted by Gasteiger charge is -2.09. The van der Waals surface area contributed by atoms with Gasteiger partial charge >= 0.3 is 0 Å². The van der Waals surface area contributed by atoms with Gasteiger partial charge in [0.15, 0.2) is 11.0 Å². The Morgan fingerprint density at radius 3 is 1.74 bits per heavy atom. The highest BCUT2D eigenvalue weighted by Gasteiger charge is 2.29. The molecule has 0 aromatic heterocycles. The molecule has 162 valence electrons. The SMILES string of the molecule is CCCCCCCC/C=C\CCCCCCCC(=O)C(CO)S(=O)(=O)O.N. The molecule has 0 aliphatic heterocycles. The molecule has 0 saturated carbocycles. The van der Waals surface area contributed by atoms with E-state index in [1.165, 1.54) is 44.9 Å². The van der Waals surface area contributed by atoms with E-state index in [0.717, 1.165) is 32.1 Å². The molecule has 0 saturated heterocycles. The molecule has 27 heavy (non-hydrogen) atoms. The van der Waals surface area contributed by atoms with E-state index in [2.05, 4.69) is 19.1 Å². The van der Waals surface area contributed by atoms with E-state index >= 15 is 0 Å². The van der Waals surface area contributed by atoms with Gasteiger partial charge in [-0.1, -0.05) is 70.4 Å². The molecule has 7 heteroatoms. The van der Waals surface area contributed by atoms with Gasteiger partial charge in [0.25, 0.3) is 10.1 Å². The predicted octanol–water partition coefficient (Wildman–Crippen LogP) is 5.00. The van der Waals surface area contributed by atoms with E-state index in [0.29, 0.717) is 6.42 Å². The minimum absolute atomic E-state index is 0. The van der Waals surface area contributed by atoms with Gasteiger partial charge in [0.05, 0.1) is 6.61 Å². The van der Waals surface area contributed by atoms with Gasteiger partial charge in [0.2, 0.25) is 0 Å². The van der Waals surface area contributed by atoms with Crippen LogP contribution in [0, 0.1) is 0 Å². The number of Topliss-reactive ketones (excluding diaryl/α,β-unsaturated/α-hetero) is 1. The second kappa shape index (κ2) is 18.6. The first kappa shape index (κ1) is 28.4. The Morgan fingerprint density at radius 1 is 0.852 bits per heavy atom. The zero-order chi connectivity index (χ0) is 19.7. The van der Waals surface area contributed by atoms with Gasteiger partial charge < -0.3 is 11.3 Å². The average molecular weight is 408 g/mol. The van der Waals surface area contributed by atoms with Crippen molar-refractivity contribution < 1.29 is 22.9 Å². The van der Waals surface area contributed by atoms with Gasteiger partial charge in [-0.15, -0.1) is 0 Å². The standard InChI is InChI=1S/C20H38O5S.H3N/c1-2-3-4-5-6-7-8-9-10-11-12-13-14-15-16-17-19(22)20(18-21)26(23,24)25;/h9-10,20-21H,2-8,11-18H2,1H3,(H,23,24,25);1H3/b10-9-;. The number of aliphatic hydroxyl groups excluding tert-OH is 1. The fraction of sp³-hybridized carbons (Fsp3) is 0.850. The number of carbonyl (C=O) groups is 1. The second-order valence-electron chi connectivity index (χ2n) is 6.99. The molecule has 0 radical (unpaired) electrons. The van der Waals surface area contributed by atoms with Crippen molar-refractivity contribution in [1.82, 2.24) is 6.15 Å². The molecular formula is C20H41NO5S. The Balaban J connectivity index is 0. The third-order valence-corrected chi connectivity index (χ3v) is 5.70. The molecule has 0 aromatic carbocycles. The molecule has 0 bridgehead atoms. The van der Waals surface area contributed by atoms with Gasteiger partial charge in [-0.3, -0.25) is 9.35 Å². The largest absolute Gasteiger partial charge is 0.394 e. The summed E-state index contributed by atoms with van der Waals surface area (Å²) in [5, 5.41) is 7.21. The summed E-state index contributed by atoms with van der Waals surface area (Å²) < 4.78 is 30.7. The maximum absolute atomic E-state index is 11.6. The average Bonchev–Trinajstić information content (AvgIpc) is 2.57. The lowest BCUT2D eigenvalue weighted by molar-refractivity contribution is -0.119. The molecule has 0 aromatic rings. The van der Waals surface area contributed by atoms with Crippen molar-refractivity contribution in [2.24, 2.45) is 0 Å². The zero-order valence-corrected chi connectivity index (χ0v) is 17.9. The molecule has 1 atom stereocenters. The summed E-state index contributed by atoms with van der Waals surface area (Å²) in [4.78, 5) is 11.6. The van der Waals surface area contributed by atoms with E-state index in [1.54, 1.807) is 0 Å². The van der Waals surface area contributed by atoms with Crippen molar-refractivity contribution in [3.05, 3.63) is 12.2 Å². The fourth-order valence-electron chi connectivity index (χ4n) is 2.89. The van der Waals surface area contributed by atoms with Crippen LogP contribution in [0.1, 0.15) is 96.8 Å². The number of hydrogen-bond donors (Lipinski definition) is 3. The van der Waals surface area contributed by atoms with E-state index in [9.17, 15) is 13.2 Å². The first-order valence-electron chi connectivity index (χ1n) is 10.2. The fourth-order valence-corrected chi connectivity index (χ4v) is 3.53. The summed E-state index contributed by atoms with van der Waals surface area (Å²) in [6.45, 7) is 1.38. The molecule has 0 aliphatic rings. The molecule has 5 N–H and O–H groups in total. The van der Waals surface area contributed by atoms with E-state index in [4.69, 9.17) is 9.66 Å². The van der Waals surface area contributed by atoms with Crippen molar-refractivity contribution in [2.75, 3.05) is 6.61 Å². The third kappa shape index (κ3) is 17.1. The Kier molecular flexibility index (Phi) is 19.6. The molecule has 0 rings (SSSR count). The van der Waals surface area contributed by atoms with Crippen molar-refractivity contribution in [3.8, 4) is 0 Å². The van der Waals surface area contributed by atoms with Crippen molar-refractivity contribution in [2.45, 2.75) is 102 Å². The second-order valence-corrected chi connectivity index (χ2v) is 8.59. The first-order valence-corrected chi connectivity index (χ1v) is 11.7. The van der Waals surface area contributed by atoms with Crippen LogP contribution in [0.5, 0.6) is 0 Å². The Labute approximate surface area is 166 Å². The summed E-state index contributed by atoms with van der Waals surface area (Å²) in [5.41, 5.74) is 0. The van der Waals surface area contributed by atoms with Gasteiger partial charge in [-0.25, -0.2) is 0 Å². The van der Waals surface area contributed by atoms with Crippen LogP contribution < -0.4 is 6.15 Å². The molecule has 0 spiro atoms. The highest BCUT2D eigenvalue weighted by atomic mass is 32.2. The lowest BCUT2D eigenvalue weighted by atomic mass is 10.1. The Bertz CT molecular complexity index is 477. The minimum atomic E-state index is -4.49. The van der Waals surface area contributed by atoms with Crippen molar-refractivity contribution >= 4 is 15.9 Å². The van der Waals surface area contributed by atoms with Crippen LogP contribution in [0.25, 0.3) is 0 Å². The van der Waals surface area contributed by atoms with Gasteiger partial charge in [0, 0.05) is 6.42 Å².